The highest BCUT2D eigenvalue weighted by Crippen LogP contribution is 2.11. The molecule has 9 heteroatoms. The van der Waals surface area contributed by atoms with Crippen molar-refractivity contribution in [1.82, 2.24) is 15.5 Å². The van der Waals surface area contributed by atoms with Crippen LogP contribution < -0.4 is 10.6 Å². The van der Waals surface area contributed by atoms with E-state index in [2.05, 4.69) is 25.5 Å². The number of carbonyl (C=O) groups excluding carboxylic acids is 3. The zero-order valence-electron chi connectivity index (χ0n) is 15.3. The van der Waals surface area contributed by atoms with Gasteiger partial charge in [0.2, 0.25) is 11.8 Å². The lowest BCUT2D eigenvalue weighted by atomic mass is 10.2. The smallest absolute Gasteiger partial charge is 0.325 e. The summed E-state index contributed by atoms with van der Waals surface area (Å²) in [6.45, 7) is 1.82. The molecule has 2 N–H and O–H groups in total. The molecule has 27 heavy (non-hydrogen) atoms. The second kappa shape index (κ2) is 10.0. The number of benzene rings is 1. The lowest BCUT2D eigenvalue weighted by Crippen LogP contribution is -2.30. The topological polar surface area (TPSA) is 123 Å². The highest BCUT2D eigenvalue weighted by atomic mass is 16.5. The number of carbonyl (C=O) groups is 3. The third-order valence-electron chi connectivity index (χ3n) is 3.60. The molecule has 0 atom stereocenters. The van der Waals surface area contributed by atoms with Gasteiger partial charge in [-0.25, -0.2) is 0 Å². The standard InChI is InChI=1S/C18H22N4O5/c1-3-4-14-21-16(27-22-14)10-9-15(23)20-13-7-5-12(6-8-13)18(25)19-11-17(24)26-2/h5-8H,3-4,9-11H2,1-2H3,(H,19,25)(H,20,23). The highest BCUT2D eigenvalue weighted by molar-refractivity contribution is 5.97. The molecular formula is C18H22N4O5. The van der Waals surface area contributed by atoms with Crippen molar-refractivity contribution in [3.63, 3.8) is 0 Å². The Kier molecular flexibility index (Phi) is 7.48. The molecule has 0 spiro atoms. The first kappa shape index (κ1) is 20.1. The maximum absolute atomic E-state index is 12.0. The first-order valence-corrected chi connectivity index (χ1v) is 8.58. The van der Waals surface area contributed by atoms with Crippen molar-refractivity contribution in [2.75, 3.05) is 19.0 Å². The van der Waals surface area contributed by atoms with E-state index in [0.29, 0.717) is 29.4 Å². The quantitative estimate of drug-likeness (QED) is 0.637. The van der Waals surface area contributed by atoms with E-state index in [1.807, 2.05) is 6.92 Å². The van der Waals surface area contributed by atoms with Gasteiger partial charge in [0, 0.05) is 30.5 Å². The Labute approximate surface area is 156 Å². The van der Waals surface area contributed by atoms with Crippen LogP contribution in [0.15, 0.2) is 28.8 Å². The van der Waals surface area contributed by atoms with Crippen molar-refractivity contribution in [3.05, 3.63) is 41.5 Å². The van der Waals surface area contributed by atoms with Crippen LogP contribution in [-0.4, -0.2) is 41.6 Å². The molecule has 1 aromatic heterocycles. The second-order valence-corrected chi connectivity index (χ2v) is 5.74. The minimum Gasteiger partial charge on any atom is -0.468 e. The summed E-state index contributed by atoms with van der Waals surface area (Å²) < 4.78 is 9.54. The third kappa shape index (κ3) is 6.53. The Bertz CT molecular complexity index is 785. The first-order chi connectivity index (χ1) is 13.0. The number of amides is 2. The predicted octanol–water partition coefficient (Wildman–Crippen LogP) is 1.50. The molecule has 2 amide bonds. The van der Waals surface area contributed by atoms with Crippen LogP contribution >= 0.6 is 0 Å². The molecule has 0 saturated heterocycles. The van der Waals surface area contributed by atoms with Crippen LogP contribution in [0, 0.1) is 0 Å². The van der Waals surface area contributed by atoms with E-state index in [-0.39, 0.29) is 18.9 Å². The number of esters is 1. The predicted molar refractivity (Wildman–Crippen MR) is 96.0 cm³/mol. The highest BCUT2D eigenvalue weighted by Gasteiger charge is 2.11. The maximum atomic E-state index is 12.0. The molecule has 0 unspecified atom stereocenters. The largest absolute Gasteiger partial charge is 0.468 e. The average molecular weight is 374 g/mol. The lowest BCUT2D eigenvalue weighted by Gasteiger charge is -2.07. The molecule has 0 aliphatic heterocycles. The Morgan fingerprint density at radius 1 is 1.15 bits per heavy atom. The molecule has 1 aromatic carbocycles. The minimum absolute atomic E-state index is 0.201. The van der Waals surface area contributed by atoms with Crippen LogP contribution in [0.25, 0.3) is 0 Å². The number of hydrogen-bond acceptors (Lipinski definition) is 7. The summed E-state index contributed by atoms with van der Waals surface area (Å²) >= 11 is 0. The van der Waals surface area contributed by atoms with Gasteiger partial charge in [-0.05, 0) is 30.7 Å². The second-order valence-electron chi connectivity index (χ2n) is 5.74. The van der Waals surface area contributed by atoms with Gasteiger partial charge in [-0.1, -0.05) is 12.1 Å². The molecule has 0 bridgehead atoms. The third-order valence-corrected chi connectivity index (χ3v) is 3.60. The molecular weight excluding hydrogens is 352 g/mol. The zero-order valence-corrected chi connectivity index (χ0v) is 15.3. The van der Waals surface area contributed by atoms with Gasteiger partial charge in [-0.15, -0.1) is 0 Å². The minimum atomic E-state index is -0.532. The molecule has 0 saturated carbocycles. The SMILES string of the molecule is CCCc1noc(CCC(=O)Nc2ccc(C(=O)NCC(=O)OC)cc2)n1. The summed E-state index contributed by atoms with van der Waals surface area (Å²) in [5.74, 6) is -0.0545. The van der Waals surface area contributed by atoms with Crippen LogP contribution in [0.1, 0.15) is 41.8 Å². The molecule has 2 rings (SSSR count). The Balaban J connectivity index is 1.79. The van der Waals surface area contributed by atoms with Crippen LogP contribution in [0.2, 0.25) is 0 Å². The molecule has 0 radical (unpaired) electrons. The van der Waals surface area contributed by atoms with Gasteiger partial charge >= 0.3 is 5.97 Å². The van der Waals surface area contributed by atoms with E-state index >= 15 is 0 Å². The van der Waals surface area contributed by atoms with Crippen molar-refractivity contribution in [2.45, 2.75) is 32.6 Å². The summed E-state index contributed by atoms with van der Waals surface area (Å²) in [6, 6.07) is 6.32. The number of rotatable bonds is 9. The Hall–Kier alpha value is -3.23. The summed E-state index contributed by atoms with van der Waals surface area (Å²) in [6.07, 6.45) is 2.23. The van der Waals surface area contributed by atoms with Gasteiger partial charge in [0.25, 0.3) is 5.91 Å². The van der Waals surface area contributed by atoms with Gasteiger partial charge < -0.3 is 19.9 Å². The Morgan fingerprint density at radius 3 is 2.56 bits per heavy atom. The van der Waals surface area contributed by atoms with Gasteiger partial charge in [-0.2, -0.15) is 4.98 Å². The van der Waals surface area contributed by atoms with Crippen LogP contribution in [0.5, 0.6) is 0 Å². The van der Waals surface area contributed by atoms with Gasteiger partial charge in [0.15, 0.2) is 5.82 Å². The average Bonchev–Trinajstić information content (AvgIpc) is 3.12. The molecule has 0 aliphatic carbocycles. The van der Waals surface area contributed by atoms with Gasteiger partial charge in [-0.3, -0.25) is 14.4 Å². The summed E-state index contributed by atoms with van der Waals surface area (Å²) in [5, 5.41) is 9.01. The number of anilines is 1. The molecule has 0 fully saturated rings. The number of hydrogen-bond donors (Lipinski definition) is 2. The number of nitrogens with one attached hydrogen (secondary N) is 2. The van der Waals surface area contributed by atoms with E-state index in [4.69, 9.17) is 4.52 Å². The number of methoxy groups -OCH3 is 1. The fourth-order valence-electron chi connectivity index (χ4n) is 2.19. The molecule has 9 nitrogen and oxygen atoms in total. The van der Waals surface area contributed by atoms with E-state index in [1.165, 1.54) is 7.11 Å². The first-order valence-electron chi connectivity index (χ1n) is 8.58. The summed E-state index contributed by atoms with van der Waals surface area (Å²) in [7, 11) is 1.24. The van der Waals surface area contributed by atoms with Crippen molar-refractivity contribution >= 4 is 23.5 Å². The molecule has 1 heterocycles. The van der Waals surface area contributed by atoms with Gasteiger partial charge in [0.1, 0.15) is 6.54 Å². The van der Waals surface area contributed by atoms with Gasteiger partial charge in [0.05, 0.1) is 7.11 Å². The summed E-state index contributed by atoms with van der Waals surface area (Å²) in [5.41, 5.74) is 0.924. The molecule has 2 aromatic rings. The van der Waals surface area contributed by atoms with Crippen molar-refractivity contribution in [3.8, 4) is 0 Å². The number of aromatic nitrogens is 2. The molecule has 144 valence electrons. The normalized spacial score (nSPS) is 10.3. The fraction of sp³-hybridized carbons (Fsp3) is 0.389. The maximum Gasteiger partial charge on any atom is 0.325 e. The van der Waals surface area contributed by atoms with E-state index in [9.17, 15) is 14.4 Å². The van der Waals surface area contributed by atoms with Crippen molar-refractivity contribution in [2.24, 2.45) is 0 Å². The van der Waals surface area contributed by atoms with Crippen LogP contribution in [0.4, 0.5) is 5.69 Å². The monoisotopic (exact) mass is 374 g/mol. The Morgan fingerprint density at radius 2 is 1.89 bits per heavy atom. The molecule has 0 aliphatic rings. The number of aryl methyl sites for hydroxylation is 2. The van der Waals surface area contributed by atoms with Crippen LogP contribution in [-0.2, 0) is 27.2 Å². The summed E-state index contributed by atoms with van der Waals surface area (Å²) in [4.78, 5) is 39.1. The zero-order chi connectivity index (χ0) is 19.6. The van der Waals surface area contributed by atoms with E-state index in [0.717, 1.165) is 12.8 Å². The number of ether oxygens (including phenoxy) is 1. The van der Waals surface area contributed by atoms with E-state index in [1.54, 1.807) is 24.3 Å². The fourth-order valence-corrected chi connectivity index (χ4v) is 2.19. The van der Waals surface area contributed by atoms with Crippen molar-refractivity contribution in [1.29, 1.82) is 0 Å². The lowest BCUT2D eigenvalue weighted by molar-refractivity contribution is -0.139. The van der Waals surface area contributed by atoms with E-state index < -0.39 is 11.9 Å². The number of nitrogens with zero attached hydrogens (tertiary/aromatic N) is 2. The van der Waals surface area contributed by atoms with Crippen molar-refractivity contribution < 1.29 is 23.6 Å². The van der Waals surface area contributed by atoms with Crippen LogP contribution in [0.3, 0.4) is 0 Å².